The van der Waals surface area contributed by atoms with Crippen LogP contribution in [0.25, 0.3) is 10.1 Å². The zero-order valence-electron chi connectivity index (χ0n) is 19.0. The van der Waals surface area contributed by atoms with E-state index in [1.54, 1.807) is 29.2 Å². The smallest absolute Gasteiger partial charge is 0.475 e. The van der Waals surface area contributed by atoms with Crippen LogP contribution < -0.4 is 14.9 Å². The van der Waals surface area contributed by atoms with Crippen molar-refractivity contribution >= 4 is 60.6 Å². The first-order valence-electron chi connectivity index (χ1n) is 11.0. The molecule has 8 nitrogen and oxygen atoms in total. The molecule has 1 saturated heterocycles. The third kappa shape index (κ3) is 6.24. The molecule has 1 atom stereocenters. The van der Waals surface area contributed by atoms with Gasteiger partial charge in [-0.05, 0) is 72.3 Å². The molecule has 1 aromatic heterocycles. The average molecular weight is 576 g/mol. The summed E-state index contributed by atoms with van der Waals surface area (Å²) in [4.78, 5) is 23.5. The van der Waals surface area contributed by atoms with Crippen molar-refractivity contribution in [1.82, 2.24) is 10.0 Å². The van der Waals surface area contributed by atoms with Gasteiger partial charge in [-0.15, -0.1) is 11.3 Å². The molecule has 1 fully saturated rings. The minimum Gasteiger partial charge on any atom is -0.475 e. The number of fused-ring (bicyclic) bond motifs is 2. The second kappa shape index (κ2) is 10.6. The molecule has 3 heterocycles. The first-order chi connectivity index (χ1) is 17.3. The van der Waals surface area contributed by atoms with Crippen LogP contribution in [-0.4, -0.2) is 50.7 Å². The molecule has 2 aliphatic rings. The van der Waals surface area contributed by atoms with Gasteiger partial charge in [0.25, 0.3) is 10.0 Å². The van der Waals surface area contributed by atoms with Gasteiger partial charge >= 0.3 is 12.1 Å². The Kier molecular flexibility index (Phi) is 7.81. The number of alkyl halides is 3. The van der Waals surface area contributed by atoms with Crippen LogP contribution in [0, 0.1) is 0 Å². The number of aliphatic carboxylic acids is 1. The Bertz CT molecular complexity index is 1460. The maximum Gasteiger partial charge on any atom is 0.490 e. The van der Waals surface area contributed by atoms with Crippen LogP contribution >= 0.6 is 22.9 Å². The van der Waals surface area contributed by atoms with Crippen LogP contribution in [0.5, 0.6) is 0 Å². The van der Waals surface area contributed by atoms with E-state index in [-0.39, 0.29) is 10.1 Å². The Hall–Kier alpha value is -2.71. The summed E-state index contributed by atoms with van der Waals surface area (Å²) >= 11 is 7.17. The summed E-state index contributed by atoms with van der Waals surface area (Å²) in [5.41, 5.74) is 3.32. The number of thiophene rings is 1. The van der Waals surface area contributed by atoms with Gasteiger partial charge in [0.2, 0.25) is 5.91 Å². The molecule has 0 bridgehead atoms. The monoisotopic (exact) mass is 575 g/mol. The van der Waals surface area contributed by atoms with E-state index in [0.717, 1.165) is 35.3 Å². The highest BCUT2D eigenvalue weighted by atomic mass is 35.5. The fourth-order valence-electron chi connectivity index (χ4n) is 4.04. The second-order valence-electron chi connectivity index (χ2n) is 8.38. The van der Waals surface area contributed by atoms with Crippen molar-refractivity contribution in [3.63, 3.8) is 0 Å². The number of hydrogen-bond acceptors (Lipinski definition) is 6. The Balaban J connectivity index is 0.000000405. The number of carbonyl (C=O) groups excluding carboxylic acids is 1. The van der Waals surface area contributed by atoms with E-state index in [1.807, 2.05) is 12.1 Å². The number of carbonyl (C=O) groups is 2. The lowest BCUT2D eigenvalue weighted by atomic mass is 10.0. The van der Waals surface area contributed by atoms with Gasteiger partial charge in [0.05, 0.1) is 0 Å². The molecule has 0 saturated carbocycles. The molecule has 198 valence electrons. The summed E-state index contributed by atoms with van der Waals surface area (Å²) in [5.74, 6) is -2.97. The topological polar surface area (TPSA) is 116 Å². The molecule has 1 amide bonds. The number of nitrogens with one attached hydrogen (secondary N) is 2. The van der Waals surface area contributed by atoms with Gasteiger partial charge in [0.1, 0.15) is 10.3 Å². The van der Waals surface area contributed by atoms with Crippen molar-refractivity contribution in [3.8, 4) is 0 Å². The van der Waals surface area contributed by atoms with Crippen LogP contribution in [0.15, 0.2) is 46.7 Å². The molecular formula is C23H21ClF3N3O5S2. The van der Waals surface area contributed by atoms with Crippen molar-refractivity contribution in [2.45, 2.75) is 35.8 Å². The summed E-state index contributed by atoms with van der Waals surface area (Å²) in [6.45, 7) is 2.25. The van der Waals surface area contributed by atoms with Crippen molar-refractivity contribution < 1.29 is 36.3 Å². The Labute approximate surface area is 219 Å². The third-order valence-corrected chi connectivity index (χ3v) is 9.15. The van der Waals surface area contributed by atoms with E-state index in [2.05, 4.69) is 16.1 Å². The first-order valence-corrected chi connectivity index (χ1v) is 13.7. The van der Waals surface area contributed by atoms with Gasteiger partial charge in [0, 0.05) is 28.5 Å². The fourth-order valence-corrected chi connectivity index (χ4v) is 6.84. The van der Waals surface area contributed by atoms with Gasteiger partial charge in [-0.2, -0.15) is 17.9 Å². The van der Waals surface area contributed by atoms with E-state index < -0.39 is 28.2 Å². The number of nitrogens with zero attached hydrogens (tertiary/aromatic N) is 1. The quantitative estimate of drug-likeness (QED) is 0.434. The number of rotatable bonds is 4. The highest BCUT2D eigenvalue weighted by molar-refractivity contribution is 7.91. The molecule has 3 aromatic rings. The molecule has 2 aromatic carbocycles. The van der Waals surface area contributed by atoms with Crippen molar-refractivity contribution in [2.75, 3.05) is 18.0 Å². The van der Waals surface area contributed by atoms with Crippen molar-refractivity contribution in [1.29, 1.82) is 0 Å². The van der Waals surface area contributed by atoms with Crippen LogP contribution in [0.2, 0.25) is 5.02 Å². The Morgan fingerprint density at radius 1 is 1.16 bits per heavy atom. The molecule has 3 N–H and O–H groups in total. The Morgan fingerprint density at radius 3 is 2.59 bits per heavy atom. The molecule has 0 aliphatic carbocycles. The van der Waals surface area contributed by atoms with E-state index in [0.29, 0.717) is 18.0 Å². The van der Waals surface area contributed by atoms with Gasteiger partial charge in [-0.1, -0.05) is 17.7 Å². The molecule has 0 spiro atoms. The average Bonchev–Trinajstić information content (AvgIpc) is 3.42. The number of amides is 1. The number of benzene rings is 2. The maximum atomic E-state index is 13.0. The van der Waals surface area contributed by atoms with E-state index in [4.69, 9.17) is 21.5 Å². The van der Waals surface area contributed by atoms with E-state index in [9.17, 15) is 26.4 Å². The number of carboxylic acid groups (broad SMARTS) is 1. The summed E-state index contributed by atoms with van der Waals surface area (Å²) in [6, 6.07) is 12.2. The maximum absolute atomic E-state index is 13.0. The predicted octanol–water partition coefficient (Wildman–Crippen LogP) is 3.92. The highest BCUT2D eigenvalue weighted by Gasteiger charge is 2.38. The molecule has 0 unspecified atom stereocenters. The molecule has 37 heavy (non-hydrogen) atoms. The van der Waals surface area contributed by atoms with Gasteiger partial charge in [0.15, 0.2) is 0 Å². The molecule has 2 aliphatic heterocycles. The van der Waals surface area contributed by atoms with Crippen molar-refractivity contribution in [3.05, 3.63) is 58.6 Å². The van der Waals surface area contributed by atoms with Crippen LogP contribution in [0.4, 0.5) is 18.9 Å². The zero-order chi connectivity index (χ0) is 27.0. The lowest BCUT2D eigenvalue weighted by molar-refractivity contribution is -0.192. The Morgan fingerprint density at radius 2 is 1.89 bits per heavy atom. The predicted molar refractivity (Wildman–Crippen MR) is 133 cm³/mol. The van der Waals surface area contributed by atoms with Gasteiger partial charge in [-0.25, -0.2) is 13.2 Å². The number of carboxylic acids is 1. The number of sulfonamides is 1. The van der Waals surface area contributed by atoms with E-state index >= 15 is 0 Å². The minimum absolute atomic E-state index is 0.187. The minimum atomic E-state index is -5.08. The molecular weight excluding hydrogens is 555 g/mol. The second-order valence-corrected chi connectivity index (χ2v) is 11.8. The van der Waals surface area contributed by atoms with Gasteiger partial charge < -0.3 is 15.3 Å². The number of anilines is 1. The lowest BCUT2D eigenvalue weighted by Crippen LogP contribution is -2.41. The zero-order valence-corrected chi connectivity index (χ0v) is 21.4. The largest absolute Gasteiger partial charge is 0.490 e. The fraction of sp³-hybridized carbons (Fsp3) is 0.304. The highest BCUT2D eigenvalue weighted by Crippen LogP contribution is 2.32. The van der Waals surface area contributed by atoms with Crippen molar-refractivity contribution in [2.24, 2.45) is 0 Å². The summed E-state index contributed by atoms with van der Waals surface area (Å²) in [6.07, 6.45) is -3.72. The normalized spacial score (nSPS) is 17.9. The lowest BCUT2D eigenvalue weighted by Gasteiger charge is -2.22. The molecule has 0 radical (unpaired) electrons. The summed E-state index contributed by atoms with van der Waals surface area (Å²) in [5, 5.41) is 11.8. The van der Waals surface area contributed by atoms with Gasteiger partial charge in [-0.3, -0.25) is 4.79 Å². The van der Waals surface area contributed by atoms with E-state index in [1.165, 1.54) is 22.5 Å². The number of hydrogen-bond donors (Lipinski definition) is 3. The molecule has 14 heteroatoms. The first kappa shape index (κ1) is 27.3. The van der Waals surface area contributed by atoms with Crippen LogP contribution in [0.1, 0.15) is 17.5 Å². The van der Waals surface area contributed by atoms with Crippen LogP contribution in [-0.2, 0) is 32.6 Å². The van der Waals surface area contributed by atoms with Crippen LogP contribution in [0.3, 0.4) is 0 Å². The SMILES string of the molecule is O=C(O)C(F)(F)F.O=C1[C@@H](NS(=O)(=O)c2cc3cc(Cl)ccc3s2)CCN1c1ccc2c(c1)CCNC2. The summed E-state index contributed by atoms with van der Waals surface area (Å²) in [7, 11) is -3.80. The third-order valence-electron chi connectivity index (χ3n) is 5.85. The standard InChI is InChI=1S/C21H20ClN3O3S2.C2HF3O2/c22-16-2-4-19-15(9-16)11-20(29-19)30(27,28)24-18-6-8-25(21(18)26)17-3-1-14-12-23-7-5-13(14)10-17;3-2(4,5)1(6)7/h1-4,9-11,18,23-24H,5-8,12H2;(H,6,7)/t18-;/m0./s1. The number of halogens is 4. The molecule has 5 rings (SSSR count). The summed E-state index contributed by atoms with van der Waals surface area (Å²) < 4.78 is 61.2.